The summed E-state index contributed by atoms with van der Waals surface area (Å²) in [5.41, 5.74) is 0. The average Bonchev–Trinajstić information content (AvgIpc) is 2.38. The molecule has 11 heavy (non-hydrogen) atoms. The highest BCUT2D eigenvalue weighted by molar-refractivity contribution is 5.12. The van der Waals surface area contributed by atoms with Crippen molar-refractivity contribution < 1.29 is 4.42 Å². The fraction of sp³-hybridized carbons (Fsp3) is 0.250. The molecule has 0 fully saturated rings. The lowest BCUT2D eigenvalue weighted by Gasteiger charge is -1.84. The van der Waals surface area contributed by atoms with Crippen LogP contribution in [0.3, 0.4) is 0 Å². The van der Waals surface area contributed by atoms with Gasteiger partial charge in [-0.2, -0.15) is 10.5 Å². The summed E-state index contributed by atoms with van der Waals surface area (Å²) in [4.78, 5) is 0. The zero-order valence-corrected chi connectivity index (χ0v) is 5.87. The Labute approximate surface area is 64.5 Å². The van der Waals surface area contributed by atoms with E-state index >= 15 is 0 Å². The third-order valence-electron chi connectivity index (χ3n) is 1.22. The molecule has 54 valence electrons. The van der Waals surface area contributed by atoms with Crippen molar-refractivity contribution in [1.29, 1.82) is 10.5 Å². The monoisotopic (exact) mass is 146 g/mol. The molecule has 0 radical (unpaired) electrons. The molecule has 0 aliphatic rings. The molecule has 0 amide bonds. The van der Waals surface area contributed by atoms with Crippen LogP contribution >= 0.6 is 0 Å². The molecule has 0 spiro atoms. The Bertz CT molecular complexity index is 283. The smallest absolute Gasteiger partial charge is 0.118 e. The van der Waals surface area contributed by atoms with E-state index in [1.807, 2.05) is 12.1 Å². The lowest BCUT2D eigenvalue weighted by atomic mass is 10.3. The van der Waals surface area contributed by atoms with E-state index in [4.69, 9.17) is 14.9 Å². The van der Waals surface area contributed by atoms with Crippen molar-refractivity contribution in [1.82, 2.24) is 0 Å². The maximum Gasteiger partial charge on any atom is 0.118 e. The molecule has 1 aromatic rings. The fourth-order valence-electron chi connectivity index (χ4n) is 0.768. The summed E-state index contributed by atoms with van der Waals surface area (Å²) >= 11 is 0. The van der Waals surface area contributed by atoms with Gasteiger partial charge < -0.3 is 4.42 Å². The van der Waals surface area contributed by atoms with E-state index in [1.54, 1.807) is 12.1 Å². The standard InChI is InChI=1S/C8H6N2O/c9-5-3-7-1-2-8(11-7)4-6-10/h1-2H,3-4H2. The minimum Gasteiger partial charge on any atom is -0.464 e. The van der Waals surface area contributed by atoms with Crippen LogP contribution in [0.2, 0.25) is 0 Å². The Morgan fingerprint density at radius 2 is 1.55 bits per heavy atom. The maximum atomic E-state index is 8.28. The van der Waals surface area contributed by atoms with Crippen molar-refractivity contribution in [2.45, 2.75) is 12.8 Å². The second kappa shape index (κ2) is 3.43. The lowest BCUT2D eigenvalue weighted by molar-refractivity contribution is 0.487. The van der Waals surface area contributed by atoms with Crippen molar-refractivity contribution >= 4 is 0 Å². The van der Waals surface area contributed by atoms with Gasteiger partial charge in [0.25, 0.3) is 0 Å². The Morgan fingerprint density at radius 3 is 1.91 bits per heavy atom. The zero-order valence-electron chi connectivity index (χ0n) is 5.87. The van der Waals surface area contributed by atoms with Crippen LogP contribution in [0.25, 0.3) is 0 Å². The first-order valence-corrected chi connectivity index (χ1v) is 3.18. The van der Waals surface area contributed by atoms with E-state index in [0.717, 1.165) is 0 Å². The van der Waals surface area contributed by atoms with Crippen LogP contribution in [-0.4, -0.2) is 0 Å². The van der Waals surface area contributed by atoms with Gasteiger partial charge in [0.2, 0.25) is 0 Å². The molecule has 0 saturated carbocycles. The van der Waals surface area contributed by atoms with Gasteiger partial charge in [-0.25, -0.2) is 0 Å². The molecule has 3 nitrogen and oxygen atoms in total. The van der Waals surface area contributed by atoms with Gasteiger partial charge in [-0.1, -0.05) is 0 Å². The first-order valence-electron chi connectivity index (χ1n) is 3.18. The molecule has 0 saturated heterocycles. The Kier molecular flexibility index (Phi) is 2.30. The van der Waals surface area contributed by atoms with Gasteiger partial charge in [-0.3, -0.25) is 0 Å². The SMILES string of the molecule is N#CCc1ccc(CC#N)o1. The lowest BCUT2D eigenvalue weighted by Crippen LogP contribution is -1.75. The van der Waals surface area contributed by atoms with E-state index in [9.17, 15) is 0 Å². The van der Waals surface area contributed by atoms with Crippen LogP contribution in [-0.2, 0) is 12.8 Å². The third kappa shape index (κ3) is 1.84. The molecule has 0 aliphatic heterocycles. The van der Waals surface area contributed by atoms with Gasteiger partial charge in [0.15, 0.2) is 0 Å². The highest BCUT2D eigenvalue weighted by atomic mass is 16.3. The number of rotatable bonds is 2. The second-order valence-electron chi connectivity index (χ2n) is 2.04. The zero-order chi connectivity index (χ0) is 8.10. The van der Waals surface area contributed by atoms with Crippen molar-refractivity contribution in [3.05, 3.63) is 23.7 Å². The summed E-state index contributed by atoms with van der Waals surface area (Å²) in [6.07, 6.45) is 0.539. The summed E-state index contributed by atoms with van der Waals surface area (Å²) in [7, 11) is 0. The van der Waals surface area contributed by atoms with Crippen LogP contribution in [0.1, 0.15) is 11.5 Å². The molecule has 1 heterocycles. The first-order chi connectivity index (χ1) is 5.36. The molecule has 1 rings (SSSR count). The van der Waals surface area contributed by atoms with Crippen molar-refractivity contribution in [2.24, 2.45) is 0 Å². The summed E-state index contributed by atoms with van der Waals surface area (Å²) in [5.74, 6) is 1.25. The maximum absolute atomic E-state index is 8.28. The Morgan fingerprint density at radius 1 is 1.09 bits per heavy atom. The summed E-state index contributed by atoms with van der Waals surface area (Å²) in [6.45, 7) is 0. The molecule has 0 aliphatic carbocycles. The molecule has 0 unspecified atom stereocenters. The normalized spacial score (nSPS) is 8.55. The van der Waals surface area contributed by atoms with E-state index in [-0.39, 0.29) is 12.8 Å². The van der Waals surface area contributed by atoms with Gasteiger partial charge in [0, 0.05) is 0 Å². The van der Waals surface area contributed by atoms with Crippen LogP contribution in [0.15, 0.2) is 16.5 Å². The van der Waals surface area contributed by atoms with Crippen molar-refractivity contribution in [3.63, 3.8) is 0 Å². The Balaban J connectivity index is 2.69. The van der Waals surface area contributed by atoms with Crippen molar-refractivity contribution in [3.8, 4) is 12.1 Å². The van der Waals surface area contributed by atoms with Gasteiger partial charge >= 0.3 is 0 Å². The minimum absolute atomic E-state index is 0.269. The van der Waals surface area contributed by atoms with Gasteiger partial charge in [0.1, 0.15) is 11.5 Å². The summed E-state index contributed by atoms with van der Waals surface area (Å²) in [5, 5.41) is 16.6. The number of hydrogen-bond donors (Lipinski definition) is 0. The van der Waals surface area contributed by atoms with Crippen LogP contribution in [0, 0.1) is 22.7 Å². The van der Waals surface area contributed by atoms with Gasteiger partial charge in [-0.05, 0) is 12.1 Å². The van der Waals surface area contributed by atoms with Crippen LogP contribution < -0.4 is 0 Å². The summed E-state index contributed by atoms with van der Waals surface area (Å²) < 4.78 is 5.12. The molecular formula is C8H6N2O. The van der Waals surface area contributed by atoms with Crippen LogP contribution in [0.5, 0.6) is 0 Å². The molecule has 3 heteroatoms. The van der Waals surface area contributed by atoms with Crippen molar-refractivity contribution in [2.75, 3.05) is 0 Å². The minimum atomic E-state index is 0.269. The van der Waals surface area contributed by atoms with Gasteiger partial charge in [0.05, 0.1) is 25.0 Å². The molecule has 0 bridgehead atoms. The Hall–Kier alpha value is -1.74. The molecule has 1 aromatic heterocycles. The molecule has 0 aromatic carbocycles. The highest BCUT2D eigenvalue weighted by Crippen LogP contribution is 2.07. The highest BCUT2D eigenvalue weighted by Gasteiger charge is 1.99. The predicted molar refractivity (Wildman–Crippen MR) is 37.3 cm³/mol. The van der Waals surface area contributed by atoms with Gasteiger partial charge in [-0.15, -0.1) is 0 Å². The summed E-state index contributed by atoms with van der Waals surface area (Å²) in [6, 6.07) is 7.36. The van der Waals surface area contributed by atoms with E-state index < -0.39 is 0 Å². The number of hydrogen-bond acceptors (Lipinski definition) is 3. The van der Waals surface area contributed by atoms with E-state index in [2.05, 4.69) is 0 Å². The molecule has 0 N–H and O–H groups in total. The third-order valence-corrected chi connectivity index (χ3v) is 1.22. The topological polar surface area (TPSA) is 60.7 Å². The largest absolute Gasteiger partial charge is 0.464 e. The second-order valence-corrected chi connectivity index (χ2v) is 2.04. The quantitative estimate of drug-likeness (QED) is 0.633. The fourth-order valence-corrected chi connectivity index (χ4v) is 0.768. The van der Waals surface area contributed by atoms with E-state index in [0.29, 0.717) is 11.5 Å². The number of nitriles is 2. The average molecular weight is 146 g/mol. The number of furan rings is 1. The van der Waals surface area contributed by atoms with E-state index in [1.165, 1.54) is 0 Å². The first kappa shape index (κ1) is 7.37. The van der Waals surface area contributed by atoms with Crippen LogP contribution in [0.4, 0.5) is 0 Å². The predicted octanol–water partition coefficient (Wildman–Crippen LogP) is 1.41. The number of nitrogens with zero attached hydrogens (tertiary/aromatic N) is 2. The molecule has 0 atom stereocenters. The molecular weight excluding hydrogens is 140 g/mol.